The van der Waals surface area contributed by atoms with Crippen molar-refractivity contribution in [3.63, 3.8) is 0 Å². The molecule has 4 rings (SSSR count). The van der Waals surface area contributed by atoms with Crippen LogP contribution in [-0.2, 0) is 27.2 Å². The van der Waals surface area contributed by atoms with Crippen LogP contribution in [0.4, 0.5) is 9.52 Å². The molecule has 1 aromatic heterocycles. The number of piperidine rings is 1. The highest BCUT2D eigenvalue weighted by atomic mass is 32.1. The first kappa shape index (κ1) is 28.4. The molecule has 0 unspecified atom stereocenters. The molecule has 8 nitrogen and oxygen atoms in total. The van der Waals surface area contributed by atoms with E-state index < -0.39 is 17.6 Å². The molecule has 39 heavy (non-hydrogen) atoms. The highest BCUT2D eigenvalue weighted by Crippen LogP contribution is 2.23. The summed E-state index contributed by atoms with van der Waals surface area (Å²) in [4.78, 5) is 46.1. The summed E-state index contributed by atoms with van der Waals surface area (Å²) < 4.78 is 18.3. The summed E-state index contributed by atoms with van der Waals surface area (Å²) in [5.74, 6) is -0.657. The van der Waals surface area contributed by atoms with Crippen molar-refractivity contribution in [1.29, 1.82) is 0 Å². The lowest BCUT2D eigenvalue weighted by atomic mass is 9.90. The number of carbonyl (C=O) groups excluding carboxylic acids is 3. The maximum Gasteiger partial charge on any atom is 0.254 e. The molecular weight excluding hydrogens is 519 g/mol. The van der Waals surface area contributed by atoms with Gasteiger partial charge in [-0.05, 0) is 55.0 Å². The Morgan fingerprint density at radius 3 is 2.51 bits per heavy atom. The van der Waals surface area contributed by atoms with Crippen LogP contribution in [-0.4, -0.2) is 72.4 Å². The number of rotatable bonds is 11. The summed E-state index contributed by atoms with van der Waals surface area (Å²) in [5.41, 5.74) is 2.21. The van der Waals surface area contributed by atoms with Gasteiger partial charge in [0.2, 0.25) is 11.8 Å². The average molecular weight is 553 g/mol. The molecule has 1 N–H and O–H groups in total. The van der Waals surface area contributed by atoms with E-state index in [9.17, 15) is 18.8 Å². The Hall–Kier alpha value is -3.63. The van der Waals surface area contributed by atoms with Gasteiger partial charge in [-0.15, -0.1) is 11.3 Å². The van der Waals surface area contributed by atoms with Gasteiger partial charge in [0.05, 0.1) is 18.7 Å². The predicted octanol–water partition coefficient (Wildman–Crippen LogP) is 4.03. The summed E-state index contributed by atoms with van der Waals surface area (Å²) in [7, 11) is 1.51. The SMILES string of the molecule is COCCN(CC(=O)Nc1nc(CC(=O)N2CCC(Cc3ccccc3)CC2)cs1)C(=O)c1ccc(F)cc1. The van der Waals surface area contributed by atoms with Crippen LogP contribution in [0.3, 0.4) is 0 Å². The summed E-state index contributed by atoms with van der Waals surface area (Å²) in [5, 5.41) is 4.85. The number of nitrogens with zero attached hydrogens (tertiary/aromatic N) is 3. The van der Waals surface area contributed by atoms with E-state index in [1.165, 1.54) is 53.2 Å². The Labute approximate surface area is 231 Å². The van der Waals surface area contributed by atoms with Gasteiger partial charge < -0.3 is 19.9 Å². The highest BCUT2D eigenvalue weighted by molar-refractivity contribution is 7.13. The molecule has 0 spiro atoms. The second kappa shape index (κ2) is 14.0. The quantitative estimate of drug-likeness (QED) is 0.388. The fraction of sp³-hybridized carbons (Fsp3) is 0.379. The molecule has 1 saturated heterocycles. The van der Waals surface area contributed by atoms with Gasteiger partial charge in [-0.3, -0.25) is 14.4 Å². The van der Waals surface area contributed by atoms with E-state index in [4.69, 9.17) is 4.74 Å². The molecule has 1 fully saturated rings. The Bertz CT molecular complexity index is 1240. The summed E-state index contributed by atoms with van der Waals surface area (Å²) in [6.45, 7) is 1.70. The number of thiazole rings is 1. The fourth-order valence-corrected chi connectivity index (χ4v) is 5.33. The van der Waals surface area contributed by atoms with E-state index in [1.807, 2.05) is 11.0 Å². The summed E-state index contributed by atoms with van der Waals surface area (Å²) in [6, 6.07) is 15.6. The van der Waals surface area contributed by atoms with Crippen LogP contribution < -0.4 is 5.32 Å². The van der Waals surface area contributed by atoms with E-state index >= 15 is 0 Å². The summed E-state index contributed by atoms with van der Waals surface area (Å²) in [6.07, 6.45) is 3.18. The van der Waals surface area contributed by atoms with Crippen LogP contribution in [0.15, 0.2) is 60.0 Å². The number of anilines is 1. The third kappa shape index (κ3) is 8.43. The summed E-state index contributed by atoms with van der Waals surface area (Å²) >= 11 is 1.24. The van der Waals surface area contributed by atoms with E-state index in [1.54, 1.807) is 5.38 Å². The zero-order valence-electron chi connectivity index (χ0n) is 22.0. The predicted molar refractivity (Wildman–Crippen MR) is 148 cm³/mol. The van der Waals surface area contributed by atoms with E-state index in [0.29, 0.717) is 16.7 Å². The maximum absolute atomic E-state index is 13.2. The minimum atomic E-state index is -0.446. The van der Waals surface area contributed by atoms with Crippen molar-refractivity contribution >= 4 is 34.2 Å². The van der Waals surface area contributed by atoms with Crippen molar-refractivity contribution in [2.24, 2.45) is 5.92 Å². The molecule has 0 bridgehead atoms. The molecular formula is C29H33FN4O4S. The van der Waals surface area contributed by atoms with Gasteiger partial charge >= 0.3 is 0 Å². The van der Waals surface area contributed by atoms with Crippen molar-refractivity contribution in [2.75, 3.05) is 45.2 Å². The number of aromatic nitrogens is 1. The van der Waals surface area contributed by atoms with Gasteiger partial charge in [-0.2, -0.15) is 0 Å². The third-order valence-corrected chi connectivity index (χ3v) is 7.55. The Kier molecular flexibility index (Phi) is 10.2. The number of carbonyl (C=O) groups is 3. The Balaban J connectivity index is 1.25. The lowest BCUT2D eigenvalue weighted by molar-refractivity contribution is -0.131. The van der Waals surface area contributed by atoms with Crippen LogP contribution in [0.5, 0.6) is 0 Å². The van der Waals surface area contributed by atoms with Crippen LogP contribution in [0.25, 0.3) is 0 Å². The molecule has 10 heteroatoms. The van der Waals surface area contributed by atoms with Crippen LogP contribution in [0.1, 0.15) is 34.5 Å². The number of benzene rings is 2. The minimum absolute atomic E-state index is 0.0342. The molecule has 2 aromatic carbocycles. The van der Waals surface area contributed by atoms with Crippen molar-refractivity contribution in [2.45, 2.75) is 25.7 Å². The zero-order valence-corrected chi connectivity index (χ0v) is 22.8. The third-order valence-electron chi connectivity index (χ3n) is 6.74. The second-order valence-electron chi connectivity index (χ2n) is 9.61. The molecule has 0 atom stereocenters. The molecule has 2 heterocycles. The van der Waals surface area contributed by atoms with Gasteiger partial charge in [0.15, 0.2) is 5.13 Å². The fourth-order valence-electron chi connectivity index (χ4n) is 4.61. The molecule has 206 valence electrons. The van der Waals surface area contributed by atoms with Gasteiger partial charge in [-0.25, -0.2) is 9.37 Å². The van der Waals surface area contributed by atoms with Crippen molar-refractivity contribution in [3.8, 4) is 0 Å². The van der Waals surface area contributed by atoms with Crippen molar-refractivity contribution in [3.05, 3.63) is 82.6 Å². The molecule has 3 aromatic rings. The maximum atomic E-state index is 13.2. The van der Waals surface area contributed by atoms with Crippen LogP contribution >= 0.6 is 11.3 Å². The Morgan fingerprint density at radius 2 is 1.82 bits per heavy atom. The lowest BCUT2D eigenvalue weighted by Gasteiger charge is -2.32. The number of hydrogen-bond donors (Lipinski definition) is 1. The lowest BCUT2D eigenvalue weighted by Crippen LogP contribution is -2.40. The van der Waals surface area contributed by atoms with E-state index in [-0.39, 0.29) is 37.6 Å². The number of amides is 3. The topological polar surface area (TPSA) is 91.8 Å². The average Bonchev–Trinajstić information content (AvgIpc) is 3.38. The van der Waals surface area contributed by atoms with Gasteiger partial charge in [0.1, 0.15) is 12.4 Å². The zero-order chi connectivity index (χ0) is 27.6. The smallest absolute Gasteiger partial charge is 0.254 e. The van der Waals surface area contributed by atoms with E-state index in [0.717, 1.165) is 32.4 Å². The number of ether oxygens (including phenoxy) is 1. The van der Waals surface area contributed by atoms with Crippen molar-refractivity contribution < 1.29 is 23.5 Å². The van der Waals surface area contributed by atoms with Crippen LogP contribution in [0, 0.1) is 11.7 Å². The van der Waals surface area contributed by atoms with Gasteiger partial charge in [0, 0.05) is 37.7 Å². The van der Waals surface area contributed by atoms with E-state index in [2.05, 4.69) is 34.6 Å². The molecule has 0 saturated carbocycles. The molecule has 0 aliphatic carbocycles. The first-order valence-corrected chi connectivity index (χ1v) is 13.9. The molecule has 1 aliphatic rings. The first-order chi connectivity index (χ1) is 18.9. The number of hydrogen-bond acceptors (Lipinski definition) is 6. The Morgan fingerprint density at radius 1 is 1.10 bits per heavy atom. The van der Waals surface area contributed by atoms with Crippen LogP contribution in [0.2, 0.25) is 0 Å². The van der Waals surface area contributed by atoms with Gasteiger partial charge in [-0.1, -0.05) is 30.3 Å². The minimum Gasteiger partial charge on any atom is -0.383 e. The standard InChI is InChI=1S/C29H33FN4O4S/c1-38-16-15-34(28(37)23-7-9-24(30)10-8-23)19-26(35)32-29-31-25(20-39-29)18-27(36)33-13-11-22(12-14-33)17-21-5-3-2-4-6-21/h2-10,20,22H,11-19H2,1H3,(H,31,32,35). The second-order valence-corrected chi connectivity index (χ2v) is 10.5. The van der Waals surface area contributed by atoms with Crippen molar-refractivity contribution in [1.82, 2.24) is 14.8 Å². The first-order valence-electron chi connectivity index (χ1n) is 13.0. The molecule has 0 radical (unpaired) electrons. The monoisotopic (exact) mass is 552 g/mol. The highest BCUT2D eigenvalue weighted by Gasteiger charge is 2.24. The number of likely N-dealkylation sites (tertiary alicyclic amines) is 1. The normalized spacial score (nSPS) is 13.7. The molecule has 3 amide bonds. The van der Waals surface area contributed by atoms with Gasteiger partial charge in [0.25, 0.3) is 5.91 Å². The molecule has 1 aliphatic heterocycles. The largest absolute Gasteiger partial charge is 0.383 e. The number of methoxy groups -OCH3 is 1. The number of nitrogens with one attached hydrogen (secondary N) is 1. The number of halogens is 1.